The fourth-order valence-electron chi connectivity index (χ4n) is 3.17. The van der Waals surface area contributed by atoms with E-state index < -0.39 is 21.0 Å². The lowest BCUT2D eigenvalue weighted by atomic mass is 10.1. The summed E-state index contributed by atoms with van der Waals surface area (Å²) < 4.78 is 40.6. The third-order valence-electron chi connectivity index (χ3n) is 5.20. The van der Waals surface area contributed by atoms with Crippen molar-refractivity contribution < 1.29 is 22.7 Å². The number of amidine groups is 3. The van der Waals surface area contributed by atoms with E-state index in [2.05, 4.69) is 9.39 Å². The normalized spacial score (nSPS) is 16.9. The quantitative estimate of drug-likeness (QED) is 0.340. The molecule has 1 amide bonds. The Labute approximate surface area is 208 Å². The van der Waals surface area contributed by atoms with Crippen molar-refractivity contribution in [1.82, 2.24) is 4.90 Å². The van der Waals surface area contributed by atoms with Crippen molar-refractivity contribution in [3.05, 3.63) is 65.2 Å². The SMILES string of the molecule is Cc1ccc(OCCOc2ccc(/C=C3/C(=N)N4C(=NC3=O)SN=C4S(=O)(=O)C(C)C)cc2)cc1. The minimum absolute atomic E-state index is 0.0249. The van der Waals surface area contributed by atoms with Crippen LogP contribution in [0.4, 0.5) is 0 Å². The van der Waals surface area contributed by atoms with Gasteiger partial charge in [-0.1, -0.05) is 29.8 Å². The second kappa shape index (κ2) is 10.0. The standard InChI is InChI=1S/C24H24N4O5S2/c1-15(2)35(30,31)24-27-34-23-26-22(29)20(21(25)28(23)24)14-17-6-10-19(11-7-17)33-13-12-32-18-8-4-16(3)5-9-18/h4-11,14-15,25H,12-13H2,1-3H3/b20-14-,25-21?. The molecule has 2 aromatic rings. The largest absolute Gasteiger partial charge is 0.490 e. The Hall–Kier alpha value is -3.44. The second-order valence-corrected chi connectivity index (χ2v) is 11.2. The van der Waals surface area contributed by atoms with E-state index in [-0.39, 0.29) is 21.7 Å². The lowest BCUT2D eigenvalue weighted by molar-refractivity contribution is -0.114. The number of sulfone groups is 1. The number of benzene rings is 2. The van der Waals surface area contributed by atoms with Gasteiger partial charge in [0.1, 0.15) is 30.5 Å². The van der Waals surface area contributed by atoms with Crippen molar-refractivity contribution in [2.75, 3.05) is 13.2 Å². The minimum Gasteiger partial charge on any atom is -0.490 e. The molecular weight excluding hydrogens is 488 g/mol. The Morgan fingerprint density at radius 1 is 1.03 bits per heavy atom. The molecule has 2 aromatic carbocycles. The highest BCUT2D eigenvalue weighted by atomic mass is 32.2. The molecule has 0 radical (unpaired) electrons. The third-order valence-corrected chi connectivity index (χ3v) is 8.04. The number of carbonyl (C=O) groups excluding carboxylic acids is 1. The molecule has 0 saturated heterocycles. The summed E-state index contributed by atoms with van der Waals surface area (Å²) in [7, 11) is -3.76. The number of aryl methyl sites for hydroxylation is 1. The van der Waals surface area contributed by atoms with Gasteiger partial charge in [-0.3, -0.25) is 10.2 Å². The van der Waals surface area contributed by atoms with Gasteiger partial charge >= 0.3 is 0 Å². The number of aliphatic imine (C=N–C) groups is 1. The molecule has 9 nitrogen and oxygen atoms in total. The summed E-state index contributed by atoms with van der Waals surface area (Å²) in [5.74, 6) is 0.498. The van der Waals surface area contributed by atoms with Gasteiger partial charge in [0.15, 0.2) is 0 Å². The number of rotatable bonds is 7. The van der Waals surface area contributed by atoms with Crippen LogP contribution < -0.4 is 9.47 Å². The van der Waals surface area contributed by atoms with Gasteiger partial charge < -0.3 is 9.47 Å². The highest BCUT2D eigenvalue weighted by Crippen LogP contribution is 2.31. The molecule has 0 spiro atoms. The average Bonchev–Trinajstić information content (AvgIpc) is 3.26. The Kier molecular flexibility index (Phi) is 7.08. The van der Waals surface area contributed by atoms with Crippen LogP contribution in [0.2, 0.25) is 0 Å². The molecule has 0 bridgehead atoms. The first-order chi connectivity index (χ1) is 16.7. The first kappa shape index (κ1) is 24.7. The predicted octanol–water partition coefficient (Wildman–Crippen LogP) is 3.85. The molecule has 182 valence electrons. The van der Waals surface area contributed by atoms with E-state index in [9.17, 15) is 13.2 Å². The summed E-state index contributed by atoms with van der Waals surface area (Å²) in [6.07, 6.45) is 1.50. The highest BCUT2D eigenvalue weighted by molar-refractivity contribution is 8.16. The van der Waals surface area contributed by atoms with Crippen LogP contribution in [-0.4, -0.2) is 53.9 Å². The van der Waals surface area contributed by atoms with Crippen molar-refractivity contribution in [1.29, 1.82) is 5.41 Å². The van der Waals surface area contributed by atoms with Gasteiger partial charge in [0.05, 0.1) is 22.8 Å². The summed E-state index contributed by atoms with van der Waals surface area (Å²) in [4.78, 5) is 17.6. The van der Waals surface area contributed by atoms with Gasteiger partial charge in [-0.05, 0) is 56.7 Å². The van der Waals surface area contributed by atoms with E-state index in [0.717, 1.165) is 28.2 Å². The molecule has 0 aliphatic carbocycles. The Bertz CT molecular complexity index is 1350. The number of carbonyl (C=O) groups is 1. The van der Waals surface area contributed by atoms with Gasteiger partial charge in [0.25, 0.3) is 5.91 Å². The van der Waals surface area contributed by atoms with Crippen molar-refractivity contribution in [2.45, 2.75) is 26.0 Å². The monoisotopic (exact) mass is 512 g/mol. The summed E-state index contributed by atoms with van der Waals surface area (Å²) >= 11 is 0.774. The number of nitrogens with one attached hydrogen (secondary N) is 1. The lowest BCUT2D eigenvalue weighted by Crippen LogP contribution is -2.46. The minimum atomic E-state index is -3.76. The molecule has 4 rings (SSSR count). The maximum atomic E-state index is 12.7. The van der Waals surface area contributed by atoms with Gasteiger partial charge in [-0.15, -0.1) is 0 Å². The van der Waals surface area contributed by atoms with E-state index >= 15 is 0 Å². The number of ether oxygens (including phenoxy) is 2. The van der Waals surface area contributed by atoms with E-state index in [4.69, 9.17) is 14.9 Å². The van der Waals surface area contributed by atoms with E-state index in [1.165, 1.54) is 19.9 Å². The van der Waals surface area contributed by atoms with Crippen LogP contribution in [-0.2, 0) is 14.6 Å². The third kappa shape index (κ3) is 5.30. The van der Waals surface area contributed by atoms with Gasteiger partial charge in [0, 0.05) is 0 Å². The summed E-state index contributed by atoms with van der Waals surface area (Å²) in [6.45, 7) is 5.82. The predicted molar refractivity (Wildman–Crippen MR) is 138 cm³/mol. The highest BCUT2D eigenvalue weighted by Gasteiger charge is 2.43. The van der Waals surface area contributed by atoms with Crippen LogP contribution in [0.3, 0.4) is 0 Å². The first-order valence-electron chi connectivity index (χ1n) is 10.8. The zero-order chi connectivity index (χ0) is 25.2. The molecule has 0 fully saturated rings. The number of fused-ring (bicyclic) bond motifs is 1. The Balaban J connectivity index is 1.42. The molecule has 2 heterocycles. The fraction of sp³-hybridized carbons (Fsp3) is 0.250. The molecule has 1 N–H and O–H groups in total. The van der Waals surface area contributed by atoms with Crippen LogP contribution in [0.25, 0.3) is 6.08 Å². The molecule has 0 aromatic heterocycles. The van der Waals surface area contributed by atoms with Crippen LogP contribution in [0.1, 0.15) is 25.0 Å². The number of nitrogens with zero attached hydrogens (tertiary/aromatic N) is 3. The van der Waals surface area contributed by atoms with Crippen LogP contribution in [0.5, 0.6) is 11.5 Å². The molecule has 2 aliphatic heterocycles. The first-order valence-corrected chi connectivity index (χ1v) is 13.1. The maximum Gasteiger partial charge on any atom is 0.283 e. The molecule has 0 atom stereocenters. The van der Waals surface area contributed by atoms with Crippen LogP contribution in [0.15, 0.2) is 63.5 Å². The summed E-state index contributed by atoms with van der Waals surface area (Å²) in [5, 5.41) is 7.55. The topological polar surface area (TPSA) is 121 Å². The van der Waals surface area contributed by atoms with Crippen LogP contribution >= 0.6 is 11.9 Å². The van der Waals surface area contributed by atoms with Crippen molar-refractivity contribution in [3.8, 4) is 11.5 Å². The molecule has 11 heteroatoms. The zero-order valence-corrected chi connectivity index (χ0v) is 21.0. The maximum absolute atomic E-state index is 12.7. The van der Waals surface area contributed by atoms with Gasteiger partial charge in [-0.25, -0.2) is 13.3 Å². The van der Waals surface area contributed by atoms with Crippen molar-refractivity contribution in [3.63, 3.8) is 0 Å². The second-order valence-electron chi connectivity index (χ2n) is 8.08. The van der Waals surface area contributed by atoms with Crippen molar-refractivity contribution >= 4 is 49.9 Å². The Morgan fingerprint density at radius 2 is 1.60 bits per heavy atom. The summed E-state index contributed by atoms with van der Waals surface area (Å²) in [6, 6.07) is 14.7. The molecule has 0 saturated carbocycles. The van der Waals surface area contributed by atoms with Crippen molar-refractivity contribution in [2.24, 2.45) is 9.39 Å². The molecular formula is C24H24N4O5S2. The molecule has 2 aliphatic rings. The smallest absolute Gasteiger partial charge is 0.283 e. The molecule has 0 unspecified atom stereocenters. The molecule has 35 heavy (non-hydrogen) atoms. The number of hydrogen-bond donors (Lipinski definition) is 1. The van der Waals surface area contributed by atoms with Crippen LogP contribution in [0, 0.1) is 12.3 Å². The van der Waals surface area contributed by atoms with E-state index in [0.29, 0.717) is 24.5 Å². The van der Waals surface area contributed by atoms with Gasteiger partial charge in [-0.2, -0.15) is 9.39 Å². The van der Waals surface area contributed by atoms with E-state index in [1.807, 2.05) is 31.2 Å². The number of amides is 1. The number of hydrogen-bond acceptors (Lipinski definition) is 8. The Morgan fingerprint density at radius 3 is 2.17 bits per heavy atom. The van der Waals surface area contributed by atoms with Gasteiger partial charge in [0.2, 0.25) is 20.2 Å². The average molecular weight is 513 g/mol. The lowest BCUT2D eigenvalue weighted by Gasteiger charge is -2.25. The zero-order valence-electron chi connectivity index (χ0n) is 19.4. The van der Waals surface area contributed by atoms with E-state index in [1.54, 1.807) is 24.3 Å². The fourth-order valence-corrected chi connectivity index (χ4v) is 5.24. The summed E-state index contributed by atoms with van der Waals surface area (Å²) in [5.41, 5.74) is 1.77.